The van der Waals surface area contributed by atoms with E-state index in [4.69, 9.17) is 9.84 Å². The van der Waals surface area contributed by atoms with Crippen LogP contribution in [0, 0.1) is 0 Å². The second-order valence-corrected chi connectivity index (χ2v) is 5.40. The van der Waals surface area contributed by atoms with Crippen LogP contribution in [-0.2, 0) is 4.79 Å². The minimum atomic E-state index is -0.890. The maximum absolute atomic E-state index is 12.3. The molecule has 1 saturated carbocycles. The highest BCUT2D eigenvalue weighted by Crippen LogP contribution is 2.35. The number of carboxylic acid groups (broad SMARTS) is 1. The summed E-state index contributed by atoms with van der Waals surface area (Å²) in [6.07, 6.45) is 2.31. The zero-order chi connectivity index (χ0) is 15.5. The van der Waals surface area contributed by atoms with Crippen molar-refractivity contribution in [3.8, 4) is 5.75 Å². The fourth-order valence-corrected chi connectivity index (χ4v) is 2.49. The molecule has 0 unspecified atom stereocenters. The molecule has 1 aliphatic carbocycles. The molecule has 1 aromatic rings. The number of nitrogens with zero attached hydrogens (tertiary/aromatic N) is 1. The molecule has 0 aliphatic heterocycles. The molecular formula is C15H20N2O4. The van der Waals surface area contributed by atoms with Crippen LogP contribution in [0.25, 0.3) is 0 Å². The second kappa shape index (κ2) is 6.03. The standard InChI is InChI=1S/C15H20N2O4/c1-17(11-5-3-6-12(9-11)21-2)14(20)16-15(7-4-8-15)10-13(18)19/h3,5-6,9H,4,7-8,10H2,1-2H3,(H,16,20)(H,18,19). The van der Waals surface area contributed by atoms with Crippen LogP contribution in [0.15, 0.2) is 24.3 Å². The lowest BCUT2D eigenvalue weighted by molar-refractivity contribution is -0.139. The number of amides is 2. The average molecular weight is 292 g/mol. The number of aliphatic carboxylic acids is 1. The fraction of sp³-hybridized carbons (Fsp3) is 0.467. The van der Waals surface area contributed by atoms with E-state index in [0.29, 0.717) is 24.3 Å². The van der Waals surface area contributed by atoms with Crippen LogP contribution in [0.5, 0.6) is 5.75 Å². The molecule has 2 N–H and O–H groups in total. The van der Waals surface area contributed by atoms with Crippen molar-refractivity contribution in [2.45, 2.75) is 31.2 Å². The Labute approximate surface area is 123 Å². The monoisotopic (exact) mass is 292 g/mol. The topological polar surface area (TPSA) is 78.9 Å². The van der Waals surface area contributed by atoms with Crippen molar-refractivity contribution in [3.63, 3.8) is 0 Å². The molecular weight excluding hydrogens is 272 g/mol. The van der Waals surface area contributed by atoms with Crippen LogP contribution in [-0.4, -0.2) is 36.8 Å². The third-order valence-corrected chi connectivity index (χ3v) is 3.92. The Hall–Kier alpha value is -2.24. The number of nitrogens with one attached hydrogen (secondary N) is 1. The van der Waals surface area contributed by atoms with Crippen molar-refractivity contribution in [3.05, 3.63) is 24.3 Å². The number of hydrogen-bond donors (Lipinski definition) is 2. The lowest BCUT2D eigenvalue weighted by Gasteiger charge is -2.42. The molecule has 21 heavy (non-hydrogen) atoms. The average Bonchev–Trinajstić information content (AvgIpc) is 2.43. The minimum Gasteiger partial charge on any atom is -0.497 e. The third-order valence-electron chi connectivity index (χ3n) is 3.92. The maximum Gasteiger partial charge on any atom is 0.322 e. The Morgan fingerprint density at radius 3 is 2.67 bits per heavy atom. The number of benzene rings is 1. The quantitative estimate of drug-likeness (QED) is 0.872. The molecule has 0 aromatic heterocycles. The van der Waals surface area contributed by atoms with Gasteiger partial charge >= 0.3 is 12.0 Å². The summed E-state index contributed by atoms with van der Waals surface area (Å²) in [6.45, 7) is 0. The highest BCUT2D eigenvalue weighted by Gasteiger charge is 2.41. The molecule has 0 heterocycles. The number of ether oxygens (including phenoxy) is 1. The van der Waals surface area contributed by atoms with E-state index in [0.717, 1.165) is 6.42 Å². The van der Waals surface area contributed by atoms with E-state index >= 15 is 0 Å². The van der Waals surface area contributed by atoms with Crippen LogP contribution < -0.4 is 15.0 Å². The van der Waals surface area contributed by atoms with Crippen LogP contribution in [0.4, 0.5) is 10.5 Å². The summed E-state index contributed by atoms with van der Waals surface area (Å²) in [4.78, 5) is 24.7. The molecule has 1 fully saturated rings. The molecule has 6 nitrogen and oxygen atoms in total. The summed E-state index contributed by atoms with van der Waals surface area (Å²) >= 11 is 0. The molecule has 2 rings (SSSR count). The van der Waals surface area contributed by atoms with Gasteiger partial charge in [0, 0.05) is 18.8 Å². The lowest BCUT2D eigenvalue weighted by Crippen LogP contribution is -2.57. The van der Waals surface area contributed by atoms with E-state index in [9.17, 15) is 9.59 Å². The number of rotatable bonds is 5. The smallest absolute Gasteiger partial charge is 0.322 e. The number of anilines is 1. The Balaban J connectivity index is 2.06. The van der Waals surface area contributed by atoms with Crippen LogP contribution in [0.1, 0.15) is 25.7 Å². The first-order valence-corrected chi connectivity index (χ1v) is 6.87. The number of carbonyl (C=O) groups is 2. The van der Waals surface area contributed by atoms with Crippen LogP contribution >= 0.6 is 0 Å². The van der Waals surface area contributed by atoms with Gasteiger partial charge < -0.3 is 15.2 Å². The van der Waals surface area contributed by atoms with E-state index in [1.165, 1.54) is 4.90 Å². The largest absolute Gasteiger partial charge is 0.497 e. The first-order valence-electron chi connectivity index (χ1n) is 6.87. The minimum absolute atomic E-state index is 0.0370. The van der Waals surface area contributed by atoms with Crippen molar-refractivity contribution in [1.29, 1.82) is 0 Å². The molecule has 0 radical (unpaired) electrons. The summed E-state index contributed by atoms with van der Waals surface area (Å²) in [5.41, 5.74) is 0.0902. The normalized spacial score (nSPS) is 15.7. The van der Waals surface area contributed by atoms with E-state index in [-0.39, 0.29) is 12.5 Å². The van der Waals surface area contributed by atoms with Gasteiger partial charge in [-0.05, 0) is 31.4 Å². The predicted octanol–water partition coefficient (Wildman–Crippen LogP) is 2.24. The van der Waals surface area contributed by atoms with Gasteiger partial charge in [-0.2, -0.15) is 0 Å². The first-order chi connectivity index (χ1) is 9.96. The molecule has 0 saturated heterocycles. The van der Waals surface area contributed by atoms with Crippen LogP contribution in [0.2, 0.25) is 0 Å². The van der Waals surface area contributed by atoms with Gasteiger partial charge in [-0.25, -0.2) is 4.79 Å². The molecule has 0 bridgehead atoms. The summed E-state index contributed by atoms with van der Waals surface area (Å²) in [5, 5.41) is 11.8. The van der Waals surface area contributed by atoms with E-state index in [1.54, 1.807) is 38.4 Å². The summed E-state index contributed by atoms with van der Waals surface area (Å²) in [7, 11) is 3.21. The van der Waals surface area contributed by atoms with Crippen LogP contribution in [0.3, 0.4) is 0 Å². The summed E-state index contributed by atoms with van der Waals surface area (Å²) < 4.78 is 5.13. The summed E-state index contributed by atoms with van der Waals surface area (Å²) in [5.74, 6) is -0.227. The van der Waals surface area contributed by atoms with Gasteiger partial charge in [-0.3, -0.25) is 9.69 Å². The van der Waals surface area contributed by atoms with Gasteiger partial charge in [0.2, 0.25) is 0 Å². The maximum atomic E-state index is 12.3. The highest BCUT2D eigenvalue weighted by atomic mass is 16.5. The SMILES string of the molecule is COc1cccc(N(C)C(=O)NC2(CC(=O)O)CCC2)c1. The molecule has 1 aromatic carbocycles. The fourth-order valence-electron chi connectivity index (χ4n) is 2.49. The van der Waals surface area contributed by atoms with Crippen molar-refractivity contribution >= 4 is 17.7 Å². The molecule has 2 amide bonds. The zero-order valence-electron chi connectivity index (χ0n) is 12.3. The lowest BCUT2D eigenvalue weighted by atomic mass is 9.74. The van der Waals surface area contributed by atoms with Gasteiger partial charge in [0.1, 0.15) is 5.75 Å². The van der Waals surface area contributed by atoms with Gasteiger partial charge in [-0.15, -0.1) is 0 Å². The first kappa shape index (κ1) is 15.2. The van der Waals surface area contributed by atoms with Crippen molar-refractivity contribution in [2.24, 2.45) is 0 Å². The molecule has 114 valence electrons. The Morgan fingerprint density at radius 2 is 2.14 bits per heavy atom. The van der Waals surface area contributed by atoms with E-state index in [2.05, 4.69) is 5.32 Å². The number of carbonyl (C=O) groups excluding carboxylic acids is 1. The van der Waals surface area contributed by atoms with Crippen molar-refractivity contribution in [1.82, 2.24) is 5.32 Å². The van der Waals surface area contributed by atoms with Gasteiger partial charge in [0.05, 0.1) is 19.1 Å². The highest BCUT2D eigenvalue weighted by molar-refractivity contribution is 5.92. The Bertz CT molecular complexity index is 540. The predicted molar refractivity (Wildman–Crippen MR) is 78.8 cm³/mol. The van der Waals surface area contributed by atoms with Gasteiger partial charge in [0.25, 0.3) is 0 Å². The number of urea groups is 1. The molecule has 1 aliphatic rings. The zero-order valence-corrected chi connectivity index (χ0v) is 12.3. The molecule has 6 heteroatoms. The van der Waals surface area contributed by atoms with Crippen molar-refractivity contribution < 1.29 is 19.4 Å². The Morgan fingerprint density at radius 1 is 1.43 bits per heavy atom. The second-order valence-electron chi connectivity index (χ2n) is 5.40. The number of carboxylic acids is 1. The van der Waals surface area contributed by atoms with Gasteiger partial charge in [0.15, 0.2) is 0 Å². The molecule has 0 spiro atoms. The number of hydrogen-bond acceptors (Lipinski definition) is 3. The van der Waals surface area contributed by atoms with E-state index in [1.807, 2.05) is 0 Å². The Kier molecular flexibility index (Phi) is 4.35. The van der Waals surface area contributed by atoms with Crippen molar-refractivity contribution in [2.75, 3.05) is 19.1 Å². The summed E-state index contributed by atoms with van der Waals surface area (Å²) in [6, 6.07) is 6.85. The molecule has 0 atom stereocenters. The van der Waals surface area contributed by atoms with Gasteiger partial charge in [-0.1, -0.05) is 6.07 Å². The number of methoxy groups -OCH3 is 1. The third kappa shape index (κ3) is 3.45. The van der Waals surface area contributed by atoms with E-state index < -0.39 is 11.5 Å².